The Morgan fingerprint density at radius 2 is 1.80 bits per heavy atom. The number of nitrogens with zero attached hydrogens (tertiary/aromatic N) is 1. The first kappa shape index (κ1) is 9.77. The third kappa shape index (κ3) is 1.73. The minimum absolute atomic E-state index is 0.0631. The van der Waals surface area contributed by atoms with Crippen molar-refractivity contribution in [2.45, 2.75) is 6.92 Å². The summed E-state index contributed by atoms with van der Waals surface area (Å²) in [5.74, 6) is -0.933. The van der Waals surface area contributed by atoms with Gasteiger partial charge in [0, 0.05) is 11.8 Å². The summed E-state index contributed by atoms with van der Waals surface area (Å²) in [6, 6.07) is 7.58. The molecule has 0 N–H and O–H groups in total. The molecule has 0 spiro atoms. The summed E-state index contributed by atoms with van der Waals surface area (Å²) in [6.07, 6.45) is 1.47. The number of halogens is 2. The van der Waals surface area contributed by atoms with Crippen LogP contribution in [0.2, 0.25) is 0 Å². The molecule has 3 heteroatoms. The van der Waals surface area contributed by atoms with Crippen LogP contribution in [0.3, 0.4) is 0 Å². The summed E-state index contributed by atoms with van der Waals surface area (Å²) in [4.78, 5) is 3.86. The van der Waals surface area contributed by atoms with Crippen molar-refractivity contribution in [1.29, 1.82) is 0 Å². The molecule has 1 heterocycles. The highest BCUT2D eigenvalue weighted by Crippen LogP contribution is 2.24. The molecular formula is C12H9F2N. The second-order valence-corrected chi connectivity index (χ2v) is 3.27. The highest BCUT2D eigenvalue weighted by Gasteiger charge is 2.11. The minimum atomic E-state index is -0.470. The van der Waals surface area contributed by atoms with Crippen LogP contribution in [0.25, 0.3) is 11.3 Å². The zero-order chi connectivity index (χ0) is 10.8. The molecule has 0 fully saturated rings. The predicted octanol–water partition coefficient (Wildman–Crippen LogP) is 3.34. The van der Waals surface area contributed by atoms with Crippen molar-refractivity contribution in [2.75, 3.05) is 0 Å². The van der Waals surface area contributed by atoms with Crippen LogP contribution in [0, 0.1) is 18.6 Å². The van der Waals surface area contributed by atoms with E-state index in [9.17, 15) is 8.78 Å². The van der Waals surface area contributed by atoms with Gasteiger partial charge in [-0.25, -0.2) is 8.78 Å². The van der Waals surface area contributed by atoms with E-state index in [0.717, 1.165) is 0 Å². The zero-order valence-electron chi connectivity index (χ0n) is 8.17. The largest absolute Gasteiger partial charge is 0.253 e. The van der Waals surface area contributed by atoms with Crippen LogP contribution in [0.1, 0.15) is 5.56 Å². The van der Waals surface area contributed by atoms with E-state index in [1.165, 1.54) is 18.3 Å². The van der Waals surface area contributed by atoms with Gasteiger partial charge in [-0.15, -0.1) is 0 Å². The van der Waals surface area contributed by atoms with Crippen LogP contribution < -0.4 is 0 Å². The SMILES string of the molecule is Cc1ccnc(-c2ccccc2F)c1F. The highest BCUT2D eigenvalue weighted by atomic mass is 19.1. The maximum Gasteiger partial charge on any atom is 0.152 e. The molecule has 2 aromatic rings. The third-order valence-corrected chi connectivity index (χ3v) is 2.21. The maximum absolute atomic E-state index is 13.6. The van der Waals surface area contributed by atoms with E-state index in [1.807, 2.05) is 0 Å². The Labute approximate surface area is 86.4 Å². The summed E-state index contributed by atoms with van der Waals surface area (Å²) in [5.41, 5.74) is 0.718. The lowest BCUT2D eigenvalue weighted by atomic mass is 10.1. The van der Waals surface area contributed by atoms with E-state index in [4.69, 9.17) is 0 Å². The molecule has 0 radical (unpaired) electrons. The Kier molecular flexibility index (Phi) is 2.46. The molecule has 15 heavy (non-hydrogen) atoms. The molecule has 0 aliphatic carbocycles. The van der Waals surface area contributed by atoms with Gasteiger partial charge in [0.05, 0.1) is 0 Å². The maximum atomic E-state index is 13.6. The lowest BCUT2D eigenvalue weighted by molar-refractivity contribution is 0.605. The fourth-order valence-corrected chi connectivity index (χ4v) is 1.38. The topological polar surface area (TPSA) is 12.9 Å². The van der Waals surface area contributed by atoms with Gasteiger partial charge < -0.3 is 0 Å². The van der Waals surface area contributed by atoms with Gasteiger partial charge in [0.2, 0.25) is 0 Å². The standard InChI is InChI=1S/C12H9F2N/c1-8-6-7-15-12(11(8)14)9-4-2-3-5-10(9)13/h2-7H,1H3. The Bertz CT molecular complexity index is 495. The number of hydrogen-bond acceptors (Lipinski definition) is 1. The summed E-state index contributed by atoms with van der Waals surface area (Å²) in [6.45, 7) is 1.63. The molecule has 0 aliphatic heterocycles. The van der Waals surface area contributed by atoms with Crippen molar-refractivity contribution in [2.24, 2.45) is 0 Å². The van der Waals surface area contributed by atoms with Crippen molar-refractivity contribution < 1.29 is 8.78 Å². The van der Waals surface area contributed by atoms with Crippen molar-refractivity contribution >= 4 is 0 Å². The summed E-state index contributed by atoms with van der Waals surface area (Å²) in [7, 11) is 0. The third-order valence-electron chi connectivity index (χ3n) is 2.21. The summed E-state index contributed by atoms with van der Waals surface area (Å²) >= 11 is 0. The predicted molar refractivity (Wildman–Crippen MR) is 54.3 cm³/mol. The van der Waals surface area contributed by atoms with Crippen LogP contribution in [-0.4, -0.2) is 4.98 Å². The Hall–Kier alpha value is -1.77. The fourth-order valence-electron chi connectivity index (χ4n) is 1.38. The molecule has 0 unspecified atom stereocenters. The molecule has 76 valence electrons. The first-order valence-electron chi connectivity index (χ1n) is 4.56. The normalized spacial score (nSPS) is 10.3. The van der Waals surface area contributed by atoms with Crippen LogP contribution >= 0.6 is 0 Å². The first-order chi connectivity index (χ1) is 7.20. The second-order valence-electron chi connectivity index (χ2n) is 3.27. The molecule has 0 saturated heterocycles. The molecule has 1 aromatic heterocycles. The summed E-state index contributed by atoms with van der Waals surface area (Å²) < 4.78 is 27.0. The minimum Gasteiger partial charge on any atom is -0.253 e. The Morgan fingerprint density at radius 1 is 1.07 bits per heavy atom. The molecule has 0 atom stereocenters. The molecule has 0 bridgehead atoms. The molecule has 0 aliphatic rings. The molecular weight excluding hydrogens is 196 g/mol. The monoisotopic (exact) mass is 205 g/mol. The molecule has 0 amide bonds. The zero-order valence-corrected chi connectivity index (χ0v) is 8.17. The van der Waals surface area contributed by atoms with E-state index < -0.39 is 11.6 Å². The number of benzene rings is 1. The van der Waals surface area contributed by atoms with Crippen molar-refractivity contribution in [3.05, 3.63) is 53.7 Å². The van der Waals surface area contributed by atoms with Crippen molar-refractivity contribution in [3.63, 3.8) is 0 Å². The number of pyridine rings is 1. The number of hydrogen-bond donors (Lipinski definition) is 0. The number of aromatic nitrogens is 1. The molecule has 0 saturated carbocycles. The van der Waals surface area contributed by atoms with E-state index in [-0.39, 0.29) is 11.3 Å². The highest BCUT2D eigenvalue weighted by molar-refractivity contribution is 5.61. The Morgan fingerprint density at radius 3 is 2.53 bits per heavy atom. The van der Waals surface area contributed by atoms with Gasteiger partial charge in [-0.05, 0) is 30.7 Å². The molecule has 2 rings (SSSR count). The second kappa shape index (κ2) is 3.77. The van der Waals surface area contributed by atoms with E-state index in [0.29, 0.717) is 5.56 Å². The van der Waals surface area contributed by atoms with Gasteiger partial charge in [0.25, 0.3) is 0 Å². The smallest absolute Gasteiger partial charge is 0.152 e. The quantitative estimate of drug-likeness (QED) is 0.695. The number of aryl methyl sites for hydroxylation is 1. The molecule has 1 aromatic carbocycles. The van der Waals surface area contributed by atoms with Gasteiger partial charge in [-0.3, -0.25) is 4.98 Å². The van der Waals surface area contributed by atoms with Crippen molar-refractivity contribution in [3.8, 4) is 11.3 Å². The van der Waals surface area contributed by atoms with Gasteiger partial charge >= 0.3 is 0 Å². The Balaban J connectivity index is 2.65. The van der Waals surface area contributed by atoms with Gasteiger partial charge in [0.15, 0.2) is 5.82 Å². The molecule has 1 nitrogen and oxygen atoms in total. The van der Waals surface area contributed by atoms with Gasteiger partial charge in [0.1, 0.15) is 11.5 Å². The number of rotatable bonds is 1. The van der Waals surface area contributed by atoms with Gasteiger partial charge in [-0.2, -0.15) is 0 Å². The average Bonchev–Trinajstić information content (AvgIpc) is 2.23. The van der Waals surface area contributed by atoms with Crippen LogP contribution in [-0.2, 0) is 0 Å². The van der Waals surface area contributed by atoms with Crippen LogP contribution in [0.4, 0.5) is 8.78 Å². The van der Waals surface area contributed by atoms with Crippen LogP contribution in [0.15, 0.2) is 36.5 Å². The van der Waals surface area contributed by atoms with E-state index >= 15 is 0 Å². The van der Waals surface area contributed by atoms with Crippen molar-refractivity contribution in [1.82, 2.24) is 4.98 Å². The van der Waals surface area contributed by atoms with Gasteiger partial charge in [-0.1, -0.05) is 12.1 Å². The average molecular weight is 205 g/mol. The van der Waals surface area contributed by atoms with Crippen LogP contribution in [0.5, 0.6) is 0 Å². The lowest BCUT2D eigenvalue weighted by Gasteiger charge is -2.05. The first-order valence-corrected chi connectivity index (χ1v) is 4.56. The lowest BCUT2D eigenvalue weighted by Crippen LogP contribution is -1.94. The summed E-state index contributed by atoms with van der Waals surface area (Å²) in [5, 5.41) is 0. The van der Waals surface area contributed by atoms with E-state index in [2.05, 4.69) is 4.98 Å². The van der Waals surface area contributed by atoms with E-state index in [1.54, 1.807) is 25.1 Å². The fraction of sp³-hybridized carbons (Fsp3) is 0.0833.